The van der Waals surface area contributed by atoms with E-state index < -0.39 is 17.6 Å². The molecule has 0 atom stereocenters. The number of anilines is 2. The minimum absolute atomic E-state index is 0.169. The van der Waals surface area contributed by atoms with E-state index in [-0.39, 0.29) is 22.5 Å². The number of carbonyl (C=O) groups is 2. The number of thioether (sulfide) groups is 1. The quantitative estimate of drug-likeness (QED) is 0.212. The van der Waals surface area contributed by atoms with Crippen LogP contribution in [0.3, 0.4) is 0 Å². The number of benzene rings is 3. The molecule has 2 amide bonds. The number of para-hydroxylation sites is 1. The summed E-state index contributed by atoms with van der Waals surface area (Å²) in [5.41, 5.74) is 1.47. The van der Waals surface area contributed by atoms with Gasteiger partial charge in [0.05, 0.1) is 17.0 Å². The van der Waals surface area contributed by atoms with E-state index in [0.717, 1.165) is 41.1 Å². The summed E-state index contributed by atoms with van der Waals surface area (Å²) in [6.07, 6.45) is -3.82. The first-order valence-electron chi connectivity index (χ1n) is 10.6. The molecule has 0 bridgehead atoms. The molecule has 6 nitrogen and oxygen atoms in total. The number of nitrogens with zero attached hydrogens (tertiary/aromatic N) is 2. The number of halogens is 3. The van der Waals surface area contributed by atoms with E-state index in [1.807, 2.05) is 42.5 Å². The first-order chi connectivity index (χ1) is 17.3. The SMILES string of the molecule is O=C(CSc1nnc(NC(=O)c2ccc(Cc3ccccc3)cc2)s1)Nc1ccccc1C(F)(F)F. The molecule has 4 rings (SSSR count). The zero-order valence-electron chi connectivity index (χ0n) is 18.6. The highest BCUT2D eigenvalue weighted by Gasteiger charge is 2.33. The van der Waals surface area contributed by atoms with Gasteiger partial charge in [0.2, 0.25) is 11.0 Å². The van der Waals surface area contributed by atoms with Crippen molar-refractivity contribution in [2.24, 2.45) is 0 Å². The van der Waals surface area contributed by atoms with Crippen LogP contribution in [-0.2, 0) is 17.4 Å². The monoisotopic (exact) mass is 528 g/mol. The molecule has 0 aliphatic carbocycles. The molecule has 184 valence electrons. The Labute approximate surface area is 213 Å². The summed E-state index contributed by atoms with van der Waals surface area (Å²) in [5.74, 6) is -1.14. The van der Waals surface area contributed by atoms with Crippen molar-refractivity contribution in [1.29, 1.82) is 0 Å². The molecule has 11 heteroatoms. The smallest absolute Gasteiger partial charge is 0.325 e. The fourth-order valence-corrected chi connectivity index (χ4v) is 4.79. The van der Waals surface area contributed by atoms with Gasteiger partial charge in [-0.05, 0) is 41.8 Å². The molecule has 36 heavy (non-hydrogen) atoms. The molecule has 0 spiro atoms. The molecular weight excluding hydrogens is 509 g/mol. The van der Waals surface area contributed by atoms with Gasteiger partial charge in [0.25, 0.3) is 5.91 Å². The van der Waals surface area contributed by atoms with Crippen LogP contribution in [0, 0.1) is 0 Å². The minimum Gasteiger partial charge on any atom is -0.325 e. The highest BCUT2D eigenvalue weighted by molar-refractivity contribution is 8.01. The van der Waals surface area contributed by atoms with Crippen molar-refractivity contribution in [2.45, 2.75) is 16.9 Å². The Morgan fingerprint density at radius 2 is 1.50 bits per heavy atom. The van der Waals surface area contributed by atoms with Gasteiger partial charge in [0, 0.05) is 5.56 Å². The van der Waals surface area contributed by atoms with Crippen molar-refractivity contribution in [3.63, 3.8) is 0 Å². The minimum atomic E-state index is -4.58. The maximum atomic E-state index is 13.1. The van der Waals surface area contributed by atoms with Gasteiger partial charge in [-0.1, -0.05) is 77.7 Å². The highest BCUT2D eigenvalue weighted by atomic mass is 32.2. The van der Waals surface area contributed by atoms with Crippen LogP contribution in [0.1, 0.15) is 27.0 Å². The summed E-state index contributed by atoms with van der Waals surface area (Å²) < 4.78 is 39.6. The third-order valence-electron chi connectivity index (χ3n) is 4.93. The Kier molecular flexibility index (Phi) is 8.01. The lowest BCUT2D eigenvalue weighted by molar-refractivity contribution is -0.137. The molecule has 3 aromatic carbocycles. The standard InChI is InChI=1S/C25H19F3N4O2S2/c26-25(27,28)19-8-4-5-9-20(19)29-21(33)15-35-24-32-31-23(36-24)30-22(34)18-12-10-17(11-13-18)14-16-6-2-1-3-7-16/h1-13H,14-15H2,(H,29,33)(H,30,31,34). The van der Waals surface area contributed by atoms with Gasteiger partial charge in [-0.15, -0.1) is 10.2 Å². The van der Waals surface area contributed by atoms with Gasteiger partial charge in [-0.25, -0.2) is 0 Å². The summed E-state index contributed by atoms with van der Waals surface area (Å²) in [7, 11) is 0. The fourth-order valence-electron chi connectivity index (χ4n) is 3.25. The lowest BCUT2D eigenvalue weighted by Gasteiger charge is -2.13. The van der Waals surface area contributed by atoms with E-state index >= 15 is 0 Å². The number of aromatic nitrogens is 2. The predicted molar refractivity (Wildman–Crippen MR) is 134 cm³/mol. The number of carbonyl (C=O) groups excluding carboxylic acids is 2. The maximum absolute atomic E-state index is 13.1. The van der Waals surface area contributed by atoms with E-state index in [0.29, 0.717) is 9.90 Å². The number of nitrogens with one attached hydrogen (secondary N) is 2. The van der Waals surface area contributed by atoms with Gasteiger partial charge in [0.1, 0.15) is 0 Å². The van der Waals surface area contributed by atoms with Gasteiger partial charge >= 0.3 is 6.18 Å². The second kappa shape index (κ2) is 11.4. The summed E-state index contributed by atoms with van der Waals surface area (Å²) in [4.78, 5) is 24.7. The van der Waals surface area contributed by atoms with Gasteiger partial charge < -0.3 is 5.32 Å². The van der Waals surface area contributed by atoms with Crippen LogP contribution in [0.5, 0.6) is 0 Å². The van der Waals surface area contributed by atoms with E-state index in [1.165, 1.54) is 23.8 Å². The molecule has 1 aromatic heterocycles. The molecule has 0 fully saturated rings. The summed E-state index contributed by atoms with van der Waals surface area (Å²) in [6.45, 7) is 0. The number of hydrogen-bond donors (Lipinski definition) is 2. The maximum Gasteiger partial charge on any atom is 0.418 e. The van der Waals surface area contributed by atoms with Crippen LogP contribution in [0.4, 0.5) is 24.0 Å². The average Bonchev–Trinajstić information content (AvgIpc) is 3.31. The van der Waals surface area contributed by atoms with Crippen molar-refractivity contribution >= 4 is 45.7 Å². The van der Waals surface area contributed by atoms with Crippen LogP contribution in [0.25, 0.3) is 0 Å². The molecule has 0 unspecified atom stereocenters. The molecule has 0 aliphatic rings. The Hall–Kier alpha value is -3.70. The first-order valence-corrected chi connectivity index (χ1v) is 12.4. The number of alkyl halides is 3. The van der Waals surface area contributed by atoms with E-state index in [9.17, 15) is 22.8 Å². The number of amides is 2. The van der Waals surface area contributed by atoms with Crippen LogP contribution >= 0.6 is 23.1 Å². The van der Waals surface area contributed by atoms with Gasteiger partial charge in [-0.3, -0.25) is 14.9 Å². The van der Waals surface area contributed by atoms with Crippen LogP contribution in [-0.4, -0.2) is 27.8 Å². The summed E-state index contributed by atoms with van der Waals surface area (Å²) >= 11 is 2.07. The summed E-state index contributed by atoms with van der Waals surface area (Å²) in [5, 5.41) is 13.0. The van der Waals surface area contributed by atoms with Crippen molar-refractivity contribution in [1.82, 2.24) is 10.2 Å². The molecule has 0 aliphatic heterocycles. The third-order valence-corrected chi connectivity index (χ3v) is 6.90. The molecule has 0 radical (unpaired) electrons. The van der Waals surface area contributed by atoms with E-state index in [2.05, 4.69) is 20.8 Å². The lowest BCUT2D eigenvalue weighted by atomic mass is 10.0. The molecule has 1 heterocycles. The van der Waals surface area contributed by atoms with E-state index in [4.69, 9.17) is 0 Å². The normalized spacial score (nSPS) is 11.2. The second-order valence-electron chi connectivity index (χ2n) is 7.57. The van der Waals surface area contributed by atoms with Crippen LogP contribution in [0.15, 0.2) is 83.2 Å². The van der Waals surface area contributed by atoms with Crippen molar-refractivity contribution in [3.8, 4) is 0 Å². The predicted octanol–water partition coefficient (Wildman–Crippen LogP) is 6.13. The molecule has 0 saturated carbocycles. The van der Waals surface area contributed by atoms with Crippen LogP contribution in [0.2, 0.25) is 0 Å². The van der Waals surface area contributed by atoms with Gasteiger partial charge in [-0.2, -0.15) is 13.2 Å². The lowest BCUT2D eigenvalue weighted by Crippen LogP contribution is -2.18. The van der Waals surface area contributed by atoms with E-state index in [1.54, 1.807) is 12.1 Å². The van der Waals surface area contributed by atoms with Crippen molar-refractivity contribution in [3.05, 3.63) is 101 Å². The zero-order chi connectivity index (χ0) is 25.5. The Bertz CT molecular complexity index is 1340. The summed E-state index contributed by atoms with van der Waals surface area (Å²) in [6, 6.07) is 22.0. The molecular formula is C25H19F3N4O2S2. The topological polar surface area (TPSA) is 84.0 Å². The molecule has 2 N–H and O–H groups in total. The highest BCUT2D eigenvalue weighted by Crippen LogP contribution is 2.34. The zero-order valence-corrected chi connectivity index (χ0v) is 20.2. The number of hydrogen-bond acceptors (Lipinski definition) is 6. The second-order valence-corrected chi connectivity index (χ2v) is 9.77. The fraction of sp³-hybridized carbons (Fsp3) is 0.120. The van der Waals surface area contributed by atoms with Gasteiger partial charge in [0.15, 0.2) is 4.34 Å². The van der Waals surface area contributed by atoms with Crippen LogP contribution < -0.4 is 10.6 Å². The Morgan fingerprint density at radius 3 is 2.22 bits per heavy atom. The Balaban J connectivity index is 1.29. The third kappa shape index (κ3) is 6.92. The average molecular weight is 529 g/mol. The Morgan fingerprint density at radius 1 is 0.833 bits per heavy atom. The largest absolute Gasteiger partial charge is 0.418 e. The number of rotatable bonds is 8. The first kappa shape index (κ1) is 25.4. The molecule has 0 saturated heterocycles. The van der Waals surface area contributed by atoms with Crippen molar-refractivity contribution < 1.29 is 22.8 Å². The molecule has 4 aromatic rings. The van der Waals surface area contributed by atoms with Crippen molar-refractivity contribution in [2.75, 3.05) is 16.4 Å².